The Morgan fingerprint density at radius 2 is 2.39 bits per heavy atom. The van der Waals surface area contributed by atoms with Crippen LogP contribution in [0.2, 0.25) is 0 Å². The highest BCUT2D eigenvalue weighted by Gasteiger charge is 2.51. The average Bonchev–Trinajstić information content (AvgIpc) is 3.24. The molecule has 2 fully saturated rings. The molecule has 4 rings (SSSR count). The van der Waals surface area contributed by atoms with Crippen molar-refractivity contribution in [3.63, 3.8) is 0 Å². The molecule has 122 valence electrons. The van der Waals surface area contributed by atoms with Gasteiger partial charge in [-0.2, -0.15) is 0 Å². The number of aryl methyl sites for hydroxylation is 1. The summed E-state index contributed by atoms with van der Waals surface area (Å²) in [6.45, 7) is 3.84. The van der Waals surface area contributed by atoms with Gasteiger partial charge in [-0.05, 0) is 38.0 Å². The lowest BCUT2D eigenvalue weighted by atomic mass is 9.96. The molecular weight excluding hydrogens is 294 g/mol. The Labute approximate surface area is 134 Å². The quantitative estimate of drug-likeness (QED) is 0.919. The Morgan fingerprint density at radius 1 is 1.52 bits per heavy atom. The predicted molar refractivity (Wildman–Crippen MR) is 85.4 cm³/mol. The van der Waals surface area contributed by atoms with Gasteiger partial charge in [0.15, 0.2) is 0 Å². The second kappa shape index (κ2) is 5.32. The van der Waals surface area contributed by atoms with E-state index in [4.69, 9.17) is 9.47 Å². The summed E-state index contributed by atoms with van der Waals surface area (Å²) in [5, 5.41) is 0. The van der Waals surface area contributed by atoms with Gasteiger partial charge in [0.1, 0.15) is 17.5 Å². The molecule has 2 atom stereocenters. The molecule has 0 unspecified atom stereocenters. The van der Waals surface area contributed by atoms with Gasteiger partial charge in [0, 0.05) is 19.3 Å². The Morgan fingerprint density at radius 3 is 3.13 bits per heavy atom. The molecule has 6 nitrogen and oxygen atoms in total. The van der Waals surface area contributed by atoms with Crippen LogP contribution in [0.15, 0.2) is 18.2 Å². The average molecular weight is 315 g/mol. The van der Waals surface area contributed by atoms with E-state index in [1.165, 1.54) is 0 Å². The molecule has 0 bridgehead atoms. The van der Waals surface area contributed by atoms with Gasteiger partial charge < -0.3 is 19.4 Å². The minimum Gasteiger partial charge on any atom is -0.377 e. The summed E-state index contributed by atoms with van der Waals surface area (Å²) in [6.07, 6.45) is 1.93. The molecule has 0 aliphatic carbocycles. The molecule has 1 amide bonds. The molecule has 2 aliphatic heterocycles. The van der Waals surface area contributed by atoms with Gasteiger partial charge in [-0.1, -0.05) is 0 Å². The highest BCUT2D eigenvalue weighted by atomic mass is 16.6. The van der Waals surface area contributed by atoms with Crippen molar-refractivity contribution in [1.82, 2.24) is 14.9 Å². The minimum absolute atomic E-state index is 0.0218. The maximum Gasteiger partial charge on any atom is 0.254 e. The van der Waals surface area contributed by atoms with Crippen molar-refractivity contribution >= 4 is 16.9 Å². The molecule has 0 saturated carbocycles. The van der Waals surface area contributed by atoms with E-state index in [9.17, 15) is 4.79 Å². The lowest BCUT2D eigenvalue weighted by molar-refractivity contribution is -0.0754. The number of ether oxygens (including phenoxy) is 2. The Kier molecular flexibility index (Phi) is 3.39. The fraction of sp³-hybridized carbons (Fsp3) is 0.529. The highest BCUT2D eigenvalue weighted by Crippen LogP contribution is 2.37. The summed E-state index contributed by atoms with van der Waals surface area (Å²) < 4.78 is 11.6. The van der Waals surface area contributed by atoms with Crippen LogP contribution in [-0.2, 0) is 9.47 Å². The van der Waals surface area contributed by atoms with Gasteiger partial charge in [0.2, 0.25) is 0 Å². The van der Waals surface area contributed by atoms with Crippen molar-refractivity contribution in [2.75, 3.05) is 26.8 Å². The van der Waals surface area contributed by atoms with Gasteiger partial charge in [0.25, 0.3) is 5.91 Å². The number of nitrogens with one attached hydrogen (secondary N) is 1. The number of aromatic nitrogens is 2. The number of H-pyrrole nitrogens is 1. The topological polar surface area (TPSA) is 67.5 Å². The van der Waals surface area contributed by atoms with E-state index >= 15 is 0 Å². The van der Waals surface area contributed by atoms with E-state index < -0.39 is 0 Å². The summed E-state index contributed by atoms with van der Waals surface area (Å²) in [5.74, 6) is 0.872. The molecule has 2 aromatic rings. The molecule has 1 aromatic heterocycles. The number of imidazole rings is 1. The molecule has 6 heteroatoms. The normalized spacial score (nSPS) is 27.4. The van der Waals surface area contributed by atoms with Crippen LogP contribution < -0.4 is 0 Å². The van der Waals surface area contributed by atoms with E-state index in [0.29, 0.717) is 18.7 Å². The summed E-state index contributed by atoms with van der Waals surface area (Å²) in [5.41, 5.74) is 2.12. The molecule has 1 spiro atoms. The third-order valence-electron chi connectivity index (χ3n) is 4.98. The Hall–Kier alpha value is -1.92. The SMILES string of the molecule is CO[C@H]1CN(C(=O)c2ccc3nc(C)[nH]c3c2)C[C@@]12CCCO2. The van der Waals surface area contributed by atoms with Gasteiger partial charge in [-0.25, -0.2) is 4.98 Å². The van der Waals surface area contributed by atoms with Crippen molar-refractivity contribution in [3.8, 4) is 0 Å². The van der Waals surface area contributed by atoms with E-state index in [-0.39, 0.29) is 17.6 Å². The van der Waals surface area contributed by atoms with Crippen LogP contribution in [0.3, 0.4) is 0 Å². The van der Waals surface area contributed by atoms with Gasteiger partial charge in [0.05, 0.1) is 24.1 Å². The first-order chi connectivity index (χ1) is 11.1. The number of aromatic amines is 1. The van der Waals surface area contributed by atoms with E-state index in [1.54, 1.807) is 7.11 Å². The zero-order chi connectivity index (χ0) is 16.0. The molecule has 0 radical (unpaired) electrons. The number of rotatable bonds is 2. The number of benzene rings is 1. The number of carbonyl (C=O) groups is 1. The van der Waals surface area contributed by atoms with Crippen molar-refractivity contribution in [2.24, 2.45) is 0 Å². The van der Waals surface area contributed by atoms with Crippen LogP contribution in [-0.4, -0.2) is 59.3 Å². The number of methoxy groups -OCH3 is 1. The minimum atomic E-state index is -0.320. The number of amides is 1. The monoisotopic (exact) mass is 315 g/mol. The number of carbonyl (C=O) groups excluding carboxylic acids is 1. The van der Waals surface area contributed by atoms with Crippen LogP contribution >= 0.6 is 0 Å². The fourth-order valence-electron chi connectivity index (χ4n) is 3.85. The smallest absolute Gasteiger partial charge is 0.254 e. The van der Waals surface area contributed by atoms with Crippen LogP contribution in [0.4, 0.5) is 0 Å². The maximum atomic E-state index is 12.9. The Bertz CT molecular complexity index is 749. The first kappa shape index (κ1) is 14.7. The highest BCUT2D eigenvalue weighted by molar-refractivity contribution is 5.97. The van der Waals surface area contributed by atoms with E-state index in [0.717, 1.165) is 36.3 Å². The molecule has 2 aliphatic rings. The molecule has 1 aromatic carbocycles. The lowest BCUT2D eigenvalue weighted by Crippen LogP contribution is -2.42. The van der Waals surface area contributed by atoms with Crippen molar-refractivity contribution in [2.45, 2.75) is 31.5 Å². The van der Waals surface area contributed by atoms with E-state index in [1.807, 2.05) is 30.0 Å². The molecule has 1 N–H and O–H groups in total. The number of hydrogen-bond acceptors (Lipinski definition) is 4. The third-order valence-corrected chi connectivity index (χ3v) is 4.98. The third kappa shape index (κ3) is 2.33. The predicted octanol–water partition coefficient (Wildman–Crippen LogP) is 1.89. The molecule has 23 heavy (non-hydrogen) atoms. The number of hydrogen-bond donors (Lipinski definition) is 1. The maximum absolute atomic E-state index is 12.9. The zero-order valence-electron chi connectivity index (χ0n) is 13.5. The van der Waals surface area contributed by atoms with Crippen molar-refractivity contribution in [3.05, 3.63) is 29.6 Å². The van der Waals surface area contributed by atoms with Crippen LogP contribution in [0, 0.1) is 6.92 Å². The lowest BCUT2D eigenvalue weighted by Gasteiger charge is -2.27. The number of fused-ring (bicyclic) bond motifs is 1. The number of likely N-dealkylation sites (tertiary alicyclic amines) is 1. The zero-order valence-corrected chi connectivity index (χ0v) is 13.5. The largest absolute Gasteiger partial charge is 0.377 e. The summed E-state index contributed by atoms with van der Waals surface area (Å²) in [6, 6.07) is 5.60. The second-order valence-corrected chi connectivity index (χ2v) is 6.48. The first-order valence-corrected chi connectivity index (χ1v) is 8.04. The van der Waals surface area contributed by atoms with Gasteiger partial charge in [-0.15, -0.1) is 0 Å². The van der Waals surface area contributed by atoms with Crippen molar-refractivity contribution < 1.29 is 14.3 Å². The Balaban J connectivity index is 1.60. The van der Waals surface area contributed by atoms with Gasteiger partial charge >= 0.3 is 0 Å². The summed E-state index contributed by atoms with van der Waals surface area (Å²) in [4.78, 5) is 22.3. The van der Waals surface area contributed by atoms with Gasteiger partial charge in [-0.3, -0.25) is 4.79 Å². The van der Waals surface area contributed by atoms with Crippen molar-refractivity contribution in [1.29, 1.82) is 0 Å². The van der Waals surface area contributed by atoms with Crippen LogP contribution in [0.5, 0.6) is 0 Å². The standard InChI is InChI=1S/C17H21N3O3/c1-11-18-13-5-4-12(8-14(13)19-11)16(21)20-9-15(22-2)17(10-20)6-3-7-23-17/h4-5,8,15H,3,6-7,9-10H2,1-2H3,(H,18,19)/t15-,17-/m0/s1. The van der Waals surface area contributed by atoms with Crippen LogP contribution in [0.1, 0.15) is 29.0 Å². The molecule has 2 saturated heterocycles. The first-order valence-electron chi connectivity index (χ1n) is 8.04. The second-order valence-electron chi connectivity index (χ2n) is 6.48. The van der Waals surface area contributed by atoms with Crippen LogP contribution in [0.25, 0.3) is 11.0 Å². The fourth-order valence-corrected chi connectivity index (χ4v) is 3.85. The molecule has 3 heterocycles. The summed E-state index contributed by atoms with van der Waals surface area (Å²) >= 11 is 0. The summed E-state index contributed by atoms with van der Waals surface area (Å²) in [7, 11) is 1.70. The molecular formula is C17H21N3O3. The number of nitrogens with zero attached hydrogens (tertiary/aromatic N) is 2. The van der Waals surface area contributed by atoms with E-state index in [2.05, 4.69) is 9.97 Å².